The predicted molar refractivity (Wildman–Crippen MR) is 118 cm³/mol. The summed E-state index contributed by atoms with van der Waals surface area (Å²) in [5.41, 5.74) is 2.54. The highest BCUT2D eigenvalue weighted by Gasteiger charge is 2.21. The largest absolute Gasteiger partial charge is 0.495 e. The summed E-state index contributed by atoms with van der Waals surface area (Å²) in [7, 11) is 1.71. The van der Waals surface area contributed by atoms with Crippen molar-refractivity contribution in [1.82, 2.24) is 4.90 Å². The maximum atomic E-state index is 10.4. The number of hydrogen-bond donors (Lipinski definition) is 1. The SMILES string of the molecule is COc1ccccc1N1CCN(C[C@H](O)COc2ccc(C(C)(C)C)cc2)CC1. The van der Waals surface area contributed by atoms with E-state index in [2.05, 4.69) is 48.8 Å². The first-order valence-electron chi connectivity index (χ1n) is 10.4. The number of hydrogen-bond acceptors (Lipinski definition) is 5. The minimum atomic E-state index is -0.505. The van der Waals surface area contributed by atoms with Gasteiger partial charge in [-0.25, -0.2) is 0 Å². The Morgan fingerprint density at radius 2 is 1.62 bits per heavy atom. The minimum Gasteiger partial charge on any atom is -0.495 e. The van der Waals surface area contributed by atoms with Crippen LogP contribution in [0.15, 0.2) is 48.5 Å². The lowest BCUT2D eigenvalue weighted by atomic mass is 9.87. The second kappa shape index (κ2) is 9.51. The van der Waals surface area contributed by atoms with Crippen LogP contribution in [-0.4, -0.2) is 62.6 Å². The lowest BCUT2D eigenvalue weighted by molar-refractivity contribution is 0.0662. The zero-order valence-corrected chi connectivity index (χ0v) is 18.1. The number of para-hydroxylation sites is 2. The van der Waals surface area contributed by atoms with Gasteiger partial charge in [0.25, 0.3) is 0 Å². The molecule has 0 bridgehead atoms. The van der Waals surface area contributed by atoms with Crippen molar-refractivity contribution in [1.29, 1.82) is 0 Å². The van der Waals surface area contributed by atoms with E-state index in [1.54, 1.807) is 7.11 Å². The van der Waals surface area contributed by atoms with Crippen molar-refractivity contribution in [2.75, 3.05) is 51.3 Å². The molecule has 158 valence electrons. The molecule has 2 aromatic carbocycles. The Hall–Kier alpha value is -2.24. The molecule has 3 rings (SSSR count). The number of anilines is 1. The predicted octanol–water partition coefficient (Wildman–Crippen LogP) is 3.55. The molecule has 1 N–H and O–H groups in total. The fraction of sp³-hybridized carbons (Fsp3) is 0.500. The van der Waals surface area contributed by atoms with Crippen LogP contribution in [0.1, 0.15) is 26.3 Å². The lowest BCUT2D eigenvalue weighted by Crippen LogP contribution is -2.49. The number of benzene rings is 2. The first kappa shape index (κ1) is 21.5. The quantitative estimate of drug-likeness (QED) is 0.773. The smallest absolute Gasteiger partial charge is 0.142 e. The molecule has 5 nitrogen and oxygen atoms in total. The Labute approximate surface area is 174 Å². The fourth-order valence-electron chi connectivity index (χ4n) is 3.66. The maximum Gasteiger partial charge on any atom is 0.142 e. The van der Waals surface area contributed by atoms with Crippen LogP contribution >= 0.6 is 0 Å². The third kappa shape index (κ3) is 5.87. The number of ether oxygens (including phenoxy) is 2. The molecule has 5 heteroatoms. The van der Waals surface area contributed by atoms with E-state index in [1.165, 1.54) is 5.56 Å². The molecule has 0 spiro atoms. The summed E-state index contributed by atoms with van der Waals surface area (Å²) in [5, 5.41) is 10.4. The van der Waals surface area contributed by atoms with Crippen LogP contribution in [0, 0.1) is 0 Å². The summed E-state index contributed by atoms with van der Waals surface area (Å²) in [5.74, 6) is 1.71. The number of methoxy groups -OCH3 is 1. The van der Waals surface area contributed by atoms with Crippen LogP contribution in [0.3, 0.4) is 0 Å². The van der Waals surface area contributed by atoms with Gasteiger partial charge in [-0.3, -0.25) is 4.90 Å². The average Bonchev–Trinajstić information content (AvgIpc) is 2.72. The van der Waals surface area contributed by atoms with Gasteiger partial charge >= 0.3 is 0 Å². The van der Waals surface area contributed by atoms with Crippen LogP contribution in [0.4, 0.5) is 5.69 Å². The van der Waals surface area contributed by atoms with Crippen molar-refractivity contribution in [2.24, 2.45) is 0 Å². The molecule has 29 heavy (non-hydrogen) atoms. The Morgan fingerprint density at radius 1 is 0.966 bits per heavy atom. The van der Waals surface area contributed by atoms with E-state index in [-0.39, 0.29) is 5.41 Å². The van der Waals surface area contributed by atoms with Gasteiger partial charge in [-0.15, -0.1) is 0 Å². The molecule has 1 saturated heterocycles. The van der Waals surface area contributed by atoms with E-state index < -0.39 is 6.10 Å². The zero-order chi connectivity index (χ0) is 20.9. The Kier molecular flexibility index (Phi) is 7.04. The van der Waals surface area contributed by atoms with Gasteiger partial charge in [0.05, 0.1) is 12.8 Å². The second-order valence-corrected chi connectivity index (χ2v) is 8.70. The van der Waals surface area contributed by atoms with Crippen LogP contribution in [0.25, 0.3) is 0 Å². The van der Waals surface area contributed by atoms with Crippen molar-refractivity contribution < 1.29 is 14.6 Å². The van der Waals surface area contributed by atoms with Gasteiger partial charge in [0, 0.05) is 32.7 Å². The second-order valence-electron chi connectivity index (χ2n) is 8.70. The lowest BCUT2D eigenvalue weighted by Gasteiger charge is -2.37. The van der Waals surface area contributed by atoms with Crippen molar-refractivity contribution >= 4 is 5.69 Å². The molecule has 1 aliphatic rings. The summed E-state index contributed by atoms with van der Waals surface area (Å²) < 4.78 is 11.3. The summed E-state index contributed by atoms with van der Waals surface area (Å²) in [4.78, 5) is 4.64. The van der Waals surface area contributed by atoms with E-state index in [1.807, 2.05) is 30.3 Å². The number of rotatable bonds is 7. The number of aliphatic hydroxyl groups excluding tert-OH is 1. The summed E-state index contributed by atoms with van der Waals surface area (Å²) in [6.45, 7) is 11.2. The monoisotopic (exact) mass is 398 g/mol. The highest BCUT2D eigenvalue weighted by molar-refractivity contribution is 5.58. The zero-order valence-electron chi connectivity index (χ0n) is 18.1. The molecule has 1 heterocycles. The molecule has 0 radical (unpaired) electrons. The van der Waals surface area contributed by atoms with Gasteiger partial charge in [-0.2, -0.15) is 0 Å². The Balaban J connectivity index is 1.43. The first-order valence-corrected chi connectivity index (χ1v) is 10.4. The van der Waals surface area contributed by atoms with Gasteiger partial charge in [0.2, 0.25) is 0 Å². The topological polar surface area (TPSA) is 45.2 Å². The van der Waals surface area contributed by atoms with Crippen molar-refractivity contribution in [3.05, 3.63) is 54.1 Å². The molecule has 0 saturated carbocycles. The highest BCUT2D eigenvalue weighted by Crippen LogP contribution is 2.28. The van der Waals surface area contributed by atoms with Gasteiger partial charge in [0.15, 0.2) is 0 Å². The van der Waals surface area contributed by atoms with Crippen molar-refractivity contribution in [2.45, 2.75) is 32.3 Å². The van der Waals surface area contributed by atoms with E-state index in [0.29, 0.717) is 13.2 Å². The van der Waals surface area contributed by atoms with E-state index >= 15 is 0 Å². The standard InChI is InChI=1S/C24H34N2O3/c1-24(2,3)19-9-11-21(12-10-19)29-18-20(27)17-25-13-15-26(16-14-25)22-7-5-6-8-23(22)28-4/h5-12,20,27H,13-18H2,1-4H3/t20-/m0/s1. The van der Waals surface area contributed by atoms with E-state index in [9.17, 15) is 5.11 Å². The van der Waals surface area contributed by atoms with Gasteiger partial charge in [0.1, 0.15) is 24.2 Å². The van der Waals surface area contributed by atoms with E-state index in [4.69, 9.17) is 9.47 Å². The van der Waals surface area contributed by atoms with Crippen molar-refractivity contribution in [3.63, 3.8) is 0 Å². The first-order chi connectivity index (χ1) is 13.9. The van der Waals surface area contributed by atoms with E-state index in [0.717, 1.165) is 43.4 Å². The molecule has 0 aliphatic carbocycles. The van der Waals surface area contributed by atoms with Gasteiger partial charge < -0.3 is 19.5 Å². The van der Waals surface area contributed by atoms with Crippen molar-refractivity contribution in [3.8, 4) is 11.5 Å². The van der Waals surface area contributed by atoms with Crippen LogP contribution in [-0.2, 0) is 5.41 Å². The van der Waals surface area contributed by atoms with Gasteiger partial charge in [-0.05, 0) is 35.2 Å². The molecule has 2 aromatic rings. The highest BCUT2D eigenvalue weighted by atomic mass is 16.5. The number of aliphatic hydroxyl groups is 1. The molecule has 1 aliphatic heterocycles. The molecule has 0 unspecified atom stereocenters. The van der Waals surface area contributed by atoms with Crippen LogP contribution < -0.4 is 14.4 Å². The fourth-order valence-corrected chi connectivity index (χ4v) is 3.66. The average molecular weight is 399 g/mol. The summed E-state index contributed by atoms with van der Waals surface area (Å²) in [6, 6.07) is 16.3. The summed E-state index contributed by atoms with van der Waals surface area (Å²) >= 11 is 0. The Bertz CT molecular complexity index is 762. The minimum absolute atomic E-state index is 0.129. The molecule has 0 aromatic heterocycles. The Morgan fingerprint density at radius 3 is 2.24 bits per heavy atom. The third-order valence-corrected chi connectivity index (χ3v) is 5.43. The third-order valence-electron chi connectivity index (χ3n) is 5.43. The molecular weight excluding hydrogens is 364 g/mol. The molecular formula is C24H34N2O3. The normalized spacial score (nSPS) is 16.5. The van der Waals surface area contributed by atoms with Gasteiger partial charge in [-0.1, -0.05) is 45.0 Å². The number of nitrogens with zero attached hydrogens (tertiary/aromatic N) is 2. The number of piperazine rings is 1. The van der Waals surface area contributed by atoms with Crippen LogP contribution in [0.2, 0.25) is 0 Å². The van der Waals surface area contributed by atoms with Crippen LogP contribution in [0.5, 0.6) is 11.5 Å². The molecule has 1 atom stereocenters. The molecule has 0 amide bonds. The number of β-amino-alcohol motifs (C(OH)–C–C–N with tert-alkyl or cyclic N) is 1. The summed E-state index contributed by atoms with van der Waals surface area (Å²) in [6.07, 6.45) is -0.505. The maximum absolute atomic E-state index is 10.4. The molecule has 1 fully saturated rings.